The molecule has 0 amide bonds. The molecular weight excluding hydrogens is 369 g/mol. The van der Waals surface area contributed by atoms with E-state index in [0.717, 1.165) is 0 Å². The molecule has 0 bridgehead atoms. The summed E-state index contributed by atoms with van der Waals surface area (Å²) in [5.41, 5.74) is 0.161. The molecule has 5 nitrogen and oxygen atoms in total. The SMILES string of the molecule is C=Nc1c(OCC)c(-c2nccs2)cc(C(O)C(C)C)c1OC(F)(F)F. The highest BCUT2D eigenvalue weighted by molar-refractivity contribution is 7.13. The van der Waals surface area contributed by atoms with Gasteiger partial charge in [-0.05, 0) is 25.6 Å². The third kappa shape index (κ3) is 4.34. The van der Waals surface area contributed by atoms with Crippen molar-refractivity contribution in [2.45, 2.75) is 33.2 Å². The maximum Gasteiger partial charge on any atom is 0.573 e. The van der Waals surface area contributed by atoms with E-state index in [-0.39, 0.29) is 29.5 Å². The molecule has 1 atom stereocenters. The van der Waals surface area contributed by atoms with E-state index in [2.05, 4.69) is 21.4 Å². The zero-order valence-corrected chi connectivity index (χ0v) is 15.3. The Balaban J connectivity index is 2.83. The summed E-state index contributed by atoms with van der Waals surface area (Å²) < 4.78 is 48.7. The second kappa shape index (κ2) is 8.05. The van der Waals surface area contributed by atoms with Crippen molar-refractivity contribution >= 4 is 23.7 Å². The van der Waals surface area contributed by atoms with E-state index in [9.17, 15) is 18.3 Å². The van der Waals surface area contributed by atoms with E-state index in [1.54, 1.807) is 32.3 Å². The lowest BCUT2D eigenvalue weighted by Gasteiger charge is -2.24. The first kappa shape index (κ1) is 20.2. The van der Waals surface area contributed by atoms with Gasteiger partial charge in [0.05, 0.1) is 18.3 Å². The fourth-order valence-electron chi connectivity index (χ4n) is 2.41. The zero-order valence-electron chi connectivity index (χ0n) is 14.5. The molecule has 0 saturated carbocycles. The van der Waals surface area contributed by atoms with Crippen molar-refractivity contribution in [3.8, 4) is 22.1 Å². The first-order chi connectivity index (χ1) is 12.2. The van der Waals surface area contributed by atoms with Crippen LogP contribution in [0.3, 0.4) is 0 Å². The van der Waals surface area contributed by atoms with E-state index in [0.29, 0.717) is 10.6 Å². The number of rotatable bonds is 7. The third-order valence-electron chi connectivity index (χ3n) is 3.51. The van der Waals surface area contributed by atoms with Gasteiger partial charge in [0, 0.05) is 17.1 Å². The van der Waals surface area contributed by atoms with E-state index < -0.39 is 18.2 Å². The minimum Gasteiger partial charge on any atom is -0.491 e. The van der Waals surface area contributed by atoms with Crippen LogP contribution in [0.4, 0.5) is 18.9 Å². The van der Waals surface area contributed by atoms with Gasteiger partial charge in [0.15, 0.2) is 11.5 Å². The minimum atomic E-state index is -4.96. The Morgan fingerprint density at radius 2 is 2.04 bits per heavy atom. The molecule has 9 heteroatoms. The van der Waals surface area contributed by atoms with Crippen molar-refractivity contribution in [3.05, 3.63) is 23.2 Å². The molecule has 1 heterocycles. The second-order valence-electron chi connectivity index (χ2n) is 5.69. The Morgan fingerprint density at radius 1 is 1.35 bits per heavy atom. The molecule has 1 N–H and O–H groups in total. The molecule has 1 unspecified atom stereocenters. The average Bonchev–Trinajstić information content (AvgIpc) is 3.07. The summed E-state index contributed by atoms with van der Waals surface area (Å²) in [6.45, 7) is 8.61. The maximum atomic E-state index is 13.0. The van der Waals surface area contributed by atoms with Gasteiger partial charge < -0.3 is 14.6 Å². The largest absolute Gasteiger partial charge is 0.573 e. The van der Waals surface area contributed by atoms with Gasteiger partial charge >= 0.3 is 6.36 Å². The van der Waals surface area contributed by atoms with Crippen LogP contribution in [0.25, 0.3) is 10.6 Å². The summed E-state index contributed by atoms with van der Waals surface area (Å²) in [5.74, 6) is -0.890. The standard InChI is InChI=1S/C17H19F3N2O3S/c1-5-24-14-11(16-22-6-7-26-16)8-10(13(23)9(2)3)15(12(14)21-4)25-17(18,19)20/h6-9,13,23H,4-5H2,1-3H3. The van der Waals surface area contributed by atoms with Gasteiger partial charge in [-0.25, -0.2) is 4.98 Å². The fourth-order valence-corrected chi connectivity index (χ4v) is 3.06. The lowest BCUT2D eigenvalue weighted by atomic mass is 9.95. The Kier molecular flexibility index (Phi) is 6.25. The van der Waals surface area contributed by atoms with Crippen LogP contribution < -0.4 is 9.47 Å². The van der Waals surface area contributed by atoms with Crippen LogP contribution in [-0.2, 0) is 0 Å². The van der Waals surface area contributed by atoms with Crippen molar-refractivity contribution in [2.75, 3.05) is 6.61 Å². The van der Waals surface area contributed by atoms with Crippen LogP contribution in [-0.4, -0.2) is 29.8 Å². The maximum absolute atomic E-state index is 13.0. The molecule has 1 aromatic carbocycles. The molecule has 0 aliphatic heterocycles. The highest BCUT2D eigenvalue weighted by atomic mass is 32.1. The monoisotopic (exact) mass is 388 g/mol. The Labute approximate surface area is 153 Å². The molecule has 2 rings (SSSR count). The van der Waals surface area contributed by atoms with Gasteiger partial charge in [0.25, 0.3) is 0 Å². The smallest absolute Gasteiger partial charge is 0.491 e. The van der Waals surface area contributed by atoms with Gasteiger partial charge in [-0.1, -0.05) is 13.8 Å². The number of benzene rings is 1. The molecular formula is C17H19F3N2O3S. The van der Waals surface area contributed by atoms with Crippen LogP contribution in [0.15, 0.2) is 22.6 Å². The van der Waals surface area contributed by atoms with Crippen molar-refractivity contribution in [2.24, 2.45) is 10.9 Å². The summed E-state index contributed by atoms with van der Waals surface area (Å²) >= 11 is 1.29. The van der Waals surface area contributed by atoms with Gasteiger partial charge in [-0.15, -0.1) is 24.5 Å². The summed E-state index contributed by atoms with van der Waals surface area (Å²) in [7, 11) is 0. The number of aliphatic imine (C=N–C) groups is 1. The normalized spacial score (nSPS) is 12.9. The topological polar surface area (TPSA) is 63.9 Å². The number of nitrogens with zero attached hydrogens (tertiary/aromatic N) is 2. The molecule has 26 heavy (non-hydrogen) atoms. The number of aliphatic hydroxyl groups is 1. The quantitative estimate of drug-likeness (QED) is 0.668. The number of halogens is 3. The van der Waals surface area contributed by atoms with Crippen molar-refractivity contribution in [1.82, 2.24) is 4.98 Å². The Morgan fingerprint density at radius 3 is 2.50 bits per heavy atom. The number of thiazole rings is 1. The van der Waals surface area contributed by atoms with E-state index >= 15 is 0 Å². The van der Waals surface area contributed by atoms with Gasteiger partial charge in [0.1, 0.15) is 10.7 Å². The van der Waals surface area contributed by atoms with Crippen LogP contribution in [0.1, 0.15) is 32.4 Å². The van der Waals surface area contributed by atoms with Gasteiger partial charge in [0.2, 0.25) is 0 Å². The molecule has 1 aromatic heterocycles. The number of hydrogen-bond donors (Lipinski definition) is 1. The lowest BCUT2D eigenvalue weighted by Crippen LogP contribution is -2.20. The number of alkyl halides is 3. The summed E-state index contributed by atoms with van der Waals surface area (Å²) in [4.78, 5) is 7.90. The second-order valence-corrected chi connectivity index (χ2v) is 6.58. The van der Waals surface area contributed by atoms with Crippen molar-refractivity contribution in [1.29, 1.82) is 0 Å². The Bertz CT molecular complexity index is 762. The Hall–Kier alpha value is -2.13. The van der Waals surface area contributed by atoms with Crippen LogP contribution in [0.5, 0.6) is 11.5 Å². The third-order valence-corrected chi connectivity index (χ3v) is 4.32. The number of hydrogen-bond acceptors (Lipinski definition) is 6. The van der Waals surface area contributed by atoms with E-state index in [4.69, 9.17) is 4.74 Å². The number of ether oxygens (including phenoxy) is 2. The summed E-state index contributed by atoms with van der Waals surface area (Å²) in [6, 6.07) is 1.41. The van der Waals surface area contributed by atoms with Gasteiger partial charge in [-0.2, -0.15) is 0 Å². The first-order valence-electron chi connectivity index (χ1n) is 7.83. The summed E-state index contributed by atoms with van der Waals surface area (Å²) in [6.07, 6.45) is -4.60. The van der Waals surface area contributed by atoms with Gasteiger partial charge in [-0.3, -0.25) is 4.99 Å². The fraction of sp³-hybridized carbons (Fsp3) is 0.412. The van der Waals surface area contributed by atoms with Crippen LogP contribution in [0, 0.1) is 5.92 Å². The van der Waals surface area contributed by atoms with Crippen LogP contribution in [0.2, 0.25) is 0 Å². The van der Waals surface area contributed by atoms with E-state index in [1.165, 1.54) is 17.4 Å². The predicted octanol–water partition coefficient (Wildman–Crippen LogP) is 5.13. The number of aliphatic hydroxyl groups excluding tert-OH is 1. The minimum absolute atomic E-state index is 0.0478. The predicted molar refractivity (Wildman–Crippen MR) is 94.4 cm³/mol. The molecule has 0 aliphatic carbocycles. The van der Waals surface area contributed by atoms with Crippen molar-refractivity contribution in [3.63, 3.8) is 0 Å². The van der Waals surface area contributed by atoms with Crippen LogP contribution >= 0.6 is 11.3 Å². The molecule has 142 valence electrons. The first-order valence-corrected chi connectivity index (χ1v) is 8.71. The molecule has 0 saturated heterocycles. The number of aromatic nitrogens is 1. The zero-order chi connectivity index (χ0) is 19.5. The molecule has 0 radical (unpaired) electrons. The highest BCUT2D eigenvalue weighted by Crippen LogP contribution is 2.51. The molecule has 0 aliphatic rings. The van der Waals surface area contributed by atoms with Crippen molar-refractivity contribution < 1.29 is 27.8 Å². The van der Waals surface area contributed by atoms with E-state index in [1.807, 2.05) is 0 Å². The molecule has 2 aromatic rings. The molecule has 0 spiro atoms. The highest BCUT2D eigenvalue weighted by Gasteiger charge is 2.36. The molecule has 0 fully saturated rings. The average molecular weight is 388 g/mol. The lowest BCUT2D eigenvalue weighted by molar-refractivity contribution is -0.274. The summed E-state index contributed by atoms with van der Waals surface area (Å²) in [5, 5.41) is 12.7.